The first-order chi connectivity index (χ1) is 11.2. The van der Waals surface area contributed by atoms with Crippen LogP contribution in [0.5, 0.6) is 11.5 Å². The molecule has 23 heavy (non-hydrogen) atoms. The van der Waals surface area contributed by atoms with Crippen molar-refractivity contribution >= 4 is 22.9 Å². The Labute approximate surface area is 139 Å². The monoisotopic (exact) mass is 332 g/mol. The third kappa shape index (κ3) is 4.16. The summed E-state index contributed by atoms with van der Waals surface area (Å²) in [7, 11) is 0. The SMILES string of the molecule is C[C@@H](Nc1ccc2c(c1)OCCO2)C(=O)NCCc1cccs1. The fraction of sp³-hybridized carbons (Fsp3) is 0.353. The van der Waals surface area contributed by atoms with Crippen LogP contribution in [0.2, 0.25) is 0 Å². The second-order valence-electron chi connectivity index (χ2n) is 5.34. The van der Waals surface area contributed by atoms with Gasteiger partial charge in [-0.25, -0.2) is 0 Å². The minimum absolute atomic E-state index is 0.0172. The van der Waals surface area contributed by atoms with Gasteiger partial charge in [0.05, 0.1) is 0 Å². The molecule has 3 rings (SSSR count). The molecule has 2 N–H and O–H groups in total. The lowest BCUT2D eigenvalue weighted by molar-refractivity contribution is -0.121. The van der Waals surface area contributed by atoms with Crippen molar-refractivity contribution in [3.8, 4) is 11.5 Å². The van der Waals surface area contributed by atoms with Gasteiger partial charge in [-0.05, 0) is 36.9 Å². The van der Waals surface area contributed by atoms with Gasteiger partial charge >= 0.3 is 0 Å². The fourth-order valence-electron chi connectivity index (χ4n) is 2.37. The normalized spacial score (nSPS) is 14.1. The van der Waals surface area contributed by atoms with Gasteiger partial charge in [0.15, 0.2) is 11.5 Å². The molecule has 0 unspecified atom stereocenters. The lowest BCUT2D eigenvalue weighted by atomic mass is 10.2. The average molecular weight is 332 g/mol. The minimum atomic E-state index is -0.319. The number of ether oxygens (including phenoxy) is 2. The second kappa shape index (κ2) is 7.37. The van der Waals surface area contributed by atoms with Crippen molar-refractivity contribution in [2.75, 3.05) is 25.1 Å². The summed E-state index contributed by atoms with van der Waals surface area (Å²) < 4.78 is 11.0. The first kappa shape index (κ1) is 15.7. The van der Waals surface area contributed by atoms with Crippen LogP contribution >= 0.6 is 11.3 Å². The molecule has 1 amide bonds. The molecule has 0 spiro atoms. The smallest absolute Gasteiger partial charge is 0.242 e. The zero-order valence-corrected chi connectivity index (χ0v) is 13.8. The summed E-state index contributed by atoms with van der Waals surface area (Å²) in [6, 6.07) is 9.40. The standard InChI is InChI=1S/C17H20N2O3S/c1-12(17(20)18-7-6-14-3-2-10-23-14)19-13-4-5-15-16(11-13)22-9-8-21-15/h2-5,10-12,19H,6-9H2,1H3,(H,18,20)/t12-/m1/s1. The fourth-order valence-corrected chi connectivity index (χ4v) is 3.07. The van der Waals surface area contributed by atoms with Crippen molar-refractivity contribution in [2.45, 2.75) is 19.4 Å². The molecule has 2 heterocycles. The van der Waals surface area contributed by atoms with E-state index in [0.717, 1.165) is 17.9 Å². The Morgan fingerprint density at radius 3 is 2.87 bits per heavy atom. The third-order valence-corrected chi connectivity index (χ3v) is 4.51. The number of carbonyl (C=O) groups excluding carboxylic acids is 1. The Kier molecular flexibility index (Phi) is 5.02. The Morgan fingerprint density at radius 2 is 2.09 bits per heavy atom. The van der Waals surface area contributed by atoms with Gasteiger partial charge < -0.3 is 20.1 Å². The zero-order valence-electron chi connectivity index (χ0n) is 13.0. The summed E-state index contributed by atoms with van der Waals surface area (Å²) in [6.07, 6.45) is 0.861. The first-order valence-corrected chi connectivity index (χ1v) is 8.56. The van der Waals surface area contributed by atoms with Crippen LogP contribution in [-0.4, -0.2) is 31.7 Å². The average Bonchev–Trinajstić information content (AvgIpc) is 3.08. The molecule has 1 aliphatic rings. The van der Waals surface area contributed by atoms with E-state index in [2.05, 4.69) is 16.7 Å². The first-order valence-electron chi connectivity index (χ1n) is 7.68. The minimum Gasteiger partial charge on any atom is -0.486 e. The topological polar surface area (TPSA) is 59.6 Å². The van der Waals surface area contributed by atoms with Gasteiger partial charge in [0.1, 0.15) is 19.3 Å². The summed E-state index contributed by atoms with van der Waals surface area (Å²) in [5.74, 6) is 1.44. The predicted octanol–water partition coefficient (Wildman–Crippen LogP) is 2.68. The number of rotatable bonds is 6. The number of benzene rings is 1. The van der Waals surface area contributed by atoms with Gasteiger partial charge in [-0.2, -0.15) is 0 Å². The number of thiophene rings is 1. The van der Waals surface area contributed by atoms with Crippen molar-refractivity contribution < 1.29 is 14.3 Å². The number of amides is 1. The molecular formula is C17H20N2O3S. The van der Waals surface area contributed by atoms with E-state index in [1.54, 1.807) is 11.3 Å². The Hall–Kier alpha value is -2.21. The second-order valence-corrected chi connectivity index (χ2v) is 6.38. The number of anilines is 1. The van der Waals surface area contributed by atoms with E-state index >= 15 is 0 Å². The largest absolute Gasteiger partial charge is 0.486 e. The highest BCUT2D eigenvalue weighted by Gasteiger charge is 2.15. The molecule has 0 fully saturated rings. The quantitative estimate of drug-likeness (QED) is 0.854. The molecular weight excluding hydrogens is 312 g/mol. The maximum Gasteiger partial charge on any atom is 0.242 e. The van der Waals surface area contributed by atoms with Crippen molar-refractivity contribution in [3.05, 3.63) is 40.6 Å². The van der Waals surface area contributed by atoms with E-state index in [4.69, 9.17) is 9.47 Å². The molecule has 1 aromatic carbocycles. The summed E-state index contributed by atoms with van der Waals surface area (Å²) in [5, 5.41) is 8.19. The van der Waals surface area contributed by atoms with Crippen LogP contribution in [0.25, 0.3) is 0 Å². The van der Waals surface area contributed by atoms with Crippen molar-refractivity contribution in [1.29, 1.82) is 0 Å². The van der Waals surface area contributed by atoms with Crippen LogP contribution < -0.4 is 20.1 Å². The highest BCUT2D eigenvalue weighted by atomic mass is 32.1. The molecule has 1 atom stereocenters. The zero-order chi connectivity index (χ0) is 16.1. The number of nitrogens with one attached hydrogen (secondary N) is 2. The van der Waals surface area contributed by atoms with E-state index < -0.39 is 0 Å². The van der Waals surface area contributed by atoms with Gasteiger partial charge in [-0.15, -0.1) is 11.3 Å². The molecule has 6 heteroatoms. The Balaban J connectivity index is 1.49. The molecule has 1 aliphatic heterocycles. The van der Waals surface area contributed by atoms with E-state index in [0.29, 0.717) is 25.5 Å². The van der Waals surface area contributed by atoms with Crippen LogP contribution in [0, 0.1) is 0 Å². The Morgan fingerprint density at radius 1 is 1.26 bits per heavy atom. The lowest BCUT2D eigenvalue weighted by Gasteiger charge is -2.20. The van der Waals surface area contributed by atoms with Gasteiger partial charge in [0.2, 0.25) is 5.91 Å². The van der Waals surface area contributed by atoms with Crippen LogP contribution in [-0.2, 0) is 11.2 Å². The van der Waals surface area contributed by atoms with Crippen molar-refractivity contribution in [2.24, 2.45) is 0 Å². The van der Waals surface area contributed by atoms with Crippen LogP contribution in [0.3, 0.4) is 0 Å². The highest BCUT2D eigenvalue weighted by Crippen LogP contribution is 2.32. The van der Waals surface area contributed by atoms with E-state index in [-0.39, 0.29) is 11.9 Å². The summed E-state index contributed by atoms with van der Waals surface area (Å²) in [5.41, 5.74) is 0.843. The predicted molar refractivity (Wildman–Crippen MR) is 91.5 cm³/mol. The molecule has 2 aromatic rings. The number of hydrogen-bond acceptors (Lipinski definition) is 5. The summed E-state index contributed by atoms with van der Waals surface area (Å²) >= 11 is 1.71. The van der Waals surface area contributed by atoms with Crippen LogP contribution in [0.15, 0.2) is 35.7 Å². The van der Waals surface area contributed by atoms with Gasteiger partial charge in [-0.1, -0.05) is 6.07 Å². The molecule has 1 aromatic heterocycles. The summed E-state index contributed by atoms with van der Waals surface area (Å²) in [4.78, 5) is 13.4. The van der Waals surface area contributed by atoms with Crippen molar-refractivity contribution in [1.82, 2.24) is 5.32 Å². The highest BCUT2D eigenvalue weighted by molar-refractivity contribution is 7.09. The summed E-state index contributed by atoms with van der Waals surface area (Å²) in [6.45, 7) is 3.61. The van der Waals surface area contributed by atoms with E-state index in [9.17, 15) is 4.79 Å². The molecule has 0 radical (unpaired) electrons. The lowest BCUT2D eigenvalue weighted by Crippen LogP contribution is -2.38. The molecule has 5 nitrogen and oxygen atoms in total. The maximum absolute atomic E-state index is 12.1. The molecule has 0 bridgehead atoms. The number of fused-ring (bicyclic) bond motifs is 1. The molecule has 122 valence electrons. The van der Waals surface area contributed by atoms with Crippen LogP contribution in [0.1, 0.15) is 11.8 Å². The van der Waals surface area contributed by atoms with Gasteiger partial charge in [-0.3, -0.25) is 4.79 Å². The maximum atomic E-state index is 12.1. The van der Waals surface area contributed by atoms with Crippen LogP contribution in [0.4, 0.5) is 5.69 Å². The molecule has 0 aliphatic carbocycles. The van der Waals surface area contributed by atoms with Crippen molar-refractivity contribution in [3.63, 3.8) is 0 Å². The number of carbonyl (C=O) groups is 1. The molecule has 0 saturated carbocycles. The number of hydrogen-bond donors (Lipinski definition) is 2. The third-order valence-electron chi connectivity index (χ3n) is 3.57. The van der Waals surface area contributed by atoms with Gasteiger partial charge in [0, 0.05) is 23.2 Å². The van der Waals surface area contributed by atoms with E-state index in [1.165, 1.54) is 4.88 Å². The van der Waals surface area contributed by atoms with E-state index in [1.807, 2.05) is 36.6 Å². The Bertz CT molecular complexity index is 658. The molecule has 0 saturated heterocycles. The van der Waals surface area contributed by atoms with Gasteiger partial charge in [0.25, 0.3) is 0 Å².